The van der Waals surface area contributed by atoms with E-state index in [1.807, 2.05) is 0 Å². The first-order valence-corrected chi connectivity index (χ1v) is 6.66. The summed E-state index contributed by atoms with van der Waals surface area (Å²) in [6.45, 7) is 2.39. The summed E-state index contributed by atoms with van der Waals surface area (Å²) < 4.78 is 6.72. The molecule has 0 unspecified atom stereocenters. The Morgan fingerprint density at radius 3 is 3.05 bits per heavy atom. The molecule has 2 aromatic heterocycles. The van der Waals surface area contributed by atoms with E-state index in [-0.39, 0.29) is 19.0 Å². The summed E-state index contributed by atoms with van der Waals surface area (Å²) >= 11 is 0. The zero-order valence-electron chi connectivity index (χ0n) is 11.6. The fraction of sp³-hybridized carbons (Fsp3) is 0.462. The van der Waals surface area contributed by atoms with Gasteiger partial charge in [-0.3, -0.25) is 9.78 Å². The van der Waals surface area contributed by atoms with Crippen LogP contribution in [0, 0.1) is 0 Å². The number of fused-ring (bicyclic) bond motifs is 3. The molecule has 0 aromatic carbocycles. The summed E-state index contributed by atoms with van der Waals surface area (Å²) in [7, 11) is 0. The third-order valence-corrected chi connectivity index (χ3v) is 3.43. The van der Waals surface area contributed by atoms with Crippen LogP contribution in [0.4, 0.5) is 0 Å². The van der Waals surface area contributed by atoms with E-state index in [0.29, 0.717) is 25.3 Å². The average molecular weight is 313 g/mol. The van der Waals surface area contributed by atoms with Gasteiger partial charge in [0.2, 0.25) is 0 Å². The average Bonchev–Trinajstić information content (AvgIpc) is 3.03. The number of rotatable bonds is 4. The Bertz CT molecular complexity index is 650. The van der Waals surface area contributed by atoms with Gasteiger partial charge in [-0.15, -0.1) is 12.4 Å². The predicted molar refractivity (Wildman–Crippen MR) is 77.5 cm³/mol. The van der Waals surface area contributed by atoms with Crippen LogP contribution in [0.5, 0.6) is 0 Å². The predicted octanol–water partition coefficient (Wildman–Crippen LogP) is 0.963. The molecule has 0 saturated carbocycles. The van der Waals surface area contributed by atoms with Crippen molar-refractivity contribution in [2.45, 2.75) is 26.3 Å². The molecule has 3 rings (SSSR count). The minimum Gasteiger partial charge on any atom is -0.461 e. The quantitative estimate of drug-likeness (QED) is 0.820. The van der Waals surface area contributed by atoms with Gasteiger partial charge in [0, 0.05) is 16.8 Å². The highest BCUT2D eigenvalue weighted by Gasteiger charge is 2.29. The van der Waals surface area contributed by atoms with Crippen LogP contribution in [-0.4, -0.2) is 44.3 Å². The number of aromatic nitrogens is 4. The molecule has 0 bridgehead atoms. The van der Waals surface area contributed by atoms with Crippen molar-refractivity contribution < 1.29 is 14.6 Å². The second-order valence-corrected chi connectivity index (χ2v) is 4.61. The third-order valence-electron chi connectivity index (χ3n) is 3.43. The summed E-state index contributed by atoms with van der Waals surface area (Å²) in [5, 5.41) is 20.5. The first-order chi connectivity index (χ1) is 9.76. The van der Waals surface area contributed by atoms with Crippen LogP contribution in [0.2, 0.25) is 0 Å². The molecule has 0 atom stereocenters. The second-order valence-electron chi connectivity index (χ2n) is 4.61. The molecule has 7 nitrogen and oxygen atoms in total. The summed E-state index contributed by atoms with van der Waals surface area (Å²) in [4.78, 5) is 12.0. The van der Waals surface area contributed by atoms with E-state index < -0.39 is 5.97 Å². The number of aliphatic hydroxyl groups excluding tert-OH is 1. The van der Waals surface area contributed by atoms with Gasteiger partial charge in [-0.1, -0.05) is 0 Å². The number of carbonyl (C=O) groups is 1. The normalized spacial score (nSPS) is 12.3. The van der Waals surface area contributed by atoms with E-state index in [9.17, 15) is 9.90 Å². The van der Waals surface area contributed by atoms with Gasteiger partial charge >= 0.3 is 5.97 Å². The van der Waals surface area contributed by atoms with Gasteiger partial charge < -0.3 is 9.84 Å². The van der Waals surface area contributed by atoms with Gasteiger partial charge in [-0.2, -0.15) is 10.2 Å². The number of aliphatic hydroxyl groups is 1. The zero-order valence-corrected chi connectivity index (χ0v) is 12.4. The molecular weight excluding hydrogens is 296 g/mol. The maximum absolute atomic E-state index is 12.0. The number of ether oxygens (including phenoxy) is 1. The van der Waals surface area contributed by atoms with Crippen LogP contribution in [0.15, 0.2) is 6.20 Å². The minimum absolute atomic E-state index is 0. The molecule has 8 heteroatoms. The van der Waals surface area contributed by atoms with Crippen LogP contribution in [0.1, 0.15) is 28.7 Å². The lowest BCUT2D eigenvalue weighted by Gasteiger charge is -2.14. The van der Waals surface area contributed by atoms with E-state index in [0.717, 1.165) is 28.9 Å². The van der Waals surface area contributed by atoms with Crippen molar-refractivity contribution in [1.29, 1.82) is 0 Å². The fourth-order valence-corrected chi connectivity index (χ4v) is 2.61. The van der Waals surface area contributed by atoms with Crippen LogP contribution < -0.4 is 0 Å². The molecule has 2 aromatic rings. The van der Waals surface area contributed by atoms with Crippen molar-refractivity contribution in [3.8, 4) is 11.3 Å². The Labute approximate surface area is 127 Å². The van der Waals surface area contributed by atoms with E-state index in [4.69, 9.17) is 4.74 Å². The molecule has 0 aliphatic heterocycles. The molecule has 0 saturated heterocycles. The number of esters is 1. The highest BCUT2D eigenvalue weighted by molar-refractivity contribution is 5.92. The molecule has 0 fully saturated rings. The maximum atomic E-state index is 12.0. The topological polar surface area (TPSA) is 93.0 Å². The molecule has 1 aliphatic rings. The molecule has 0 spiro atoms. The number of H-pyrrole nitrogens is 1. The van der Waals surface area contributed by atoms with Gasteiger partial charge in [0.25, 0.3) is 0 Å². The number of aromatic amines is 1. The fourth-order valence-electron chi connectivity index (χ4n) is 2.61. The Balaban J connectivity index is 0.00000161. The van der Waals surface area contributed by atoms with Crippen molar-refractivity contribution in [1.82, 2.24) is 20.0 Å². The maximum Gasteiger partial charge on any atom is 0.359 e. The number of nitrogens with one attached hydrogen (secondary N) is 1. The van der Waals surface area contributed by atoms with Gasteiger partial charge in [-0.05, 0) is 19.8 Å². The van der Waals surface area contributed by atoms with Crippen molar-refractivity contribution in [3.63, 3.8) is 0 Å². The monoisotopic (exact) mass is 312 g/mol. The van der Waals surface area contributed by atoms with E-state index in [1.165, 1.54) is 0 Å². The third kappa shape index (κ3) is 2.54. The Morgan fingerprint density at radius 2 is 2.33 bits per heavy atom. The van der Waals surface area contributed by atoms with Gasteiger partial charge in [-0.25, -0.2) is 4.79 Å². The standard InChI is InChI=1S/C13H16N4O3.ClH/c1-2-20-13(19)11-8-3-4-10-9(7-14-15-10)12(8)17(16-11)5-6-18;/h7,18H,2-6H2,1H3,(H,14,15);1H. The largest absolute Gasteiger partial charge is 0.461 e. The van der Waals surface area contributed by atoms with E-state index in [1.54, 1.807) is 17.8 Å². The first-order valence-electron chi connectivity index (χ1n) is 6.66. The highest BCUT2D eigenvalue weighted by Crippen LogP contribution is 2.34. The summed E-state index contributed by atoms with van der Waals surface area (Å²) in [6, 6.07) is 0. The van der Waals surface area contributed by atoms with Crippen molar-refractivity contribution in [2.75, 3.05) is 13.2 Å². The number of carbonyl (C=O) groups excluding carboxylic acids is 1. The summed E-state index contributed by atoms with van der Waals surface area (Å²) in [6.07, 6.45) is 3.24. The van der Waals surface area contributed by atoms with Gasteiger partial charge in [0.05, 0.1) is 31.6 Å². The lowest BCUT2D eigenvalue weighted by Crippen LogP contribution is -2.10. The van der Waals surface area contributed by atoms with Crippen LogP contribution in [-0.2, 0) is 24.1 Å². The Morgan fingerprint density at radius 1 is 1.52 bits per heavy atom. The molecule has 2 heterocycles. The van der Waals surface area contributed by atoms with Crippen molar-refractivity contribution in [3.05, 3.63) is 23.1 Å². The lowest BCUT2D eigenvalue weighted by atomic mass is 9.94. The molecule has 21 heavy (non-hydrogen) atoms. The molecule has 0 amide bonds. The lowest BCUT2D eigenvalue weighted by molar-refractivity contribution is 0.0517. The number of nitrogens with zero attached hydrogens (tertiary/aromatic N) is 3. The zero-order chi connectivity index (χ0) is 14.1. The number of aryl methyl sites for hydroxylation is 1. The number of hydrogen-bond acceptors (Lipinski definition) is 5. The number of hydrogen-bond donors (Lipinski definition) is 2. The number of halogens is 1. The molecule has 0 radical (unpaired) electrons. The smallest absolute Gasteiger partial charge is 0.359 e. The molecule has 2 N–H and O–H groups in total. The molecular formula is C13H17ClN4O3. The van der Waals surface area contributed by atoms with E-state index in [2.05, 4.69) is 15.3 Å². The first kappa shape index (κ1) is 15.5. The van der Waals surface area contributed by atoms with Crippen molar-refractivity contribution in [2.24, 2.45) is 0 Å². The van der Waals surface area contributed by atoms with E-state index >= 15 is 0 Å². The Kier molecular flexibility index (Phi) is 4.64. The van der Waals surface area contributed by atoms with Gasteiger partial charge in [0.15, 0.2) is 5.69 Å². The summed E-state index contributed by atoms with van der Waals surface area (Å²) in [5.41, 5.74) is 4.07. The molecule has 114 valence electrons. The van der Waals surface area contributed by atoms with Crippen molar-refractivity contribution >= 4 is 18.4 Å². The van der Waals surface area contributed by atoms with Gasteiger partial charge in [0.1, 0.15) is 0 Å². The van der Waals surface area contributed by atoms with Crippen LogP contribution >= 0.6 is 12.4 Å². The Hall–Kier alpha value is -1.86. The van der Waals surface area contributed by atoms with Crippen LogP contribution in [0.25, 0.3) is 11.3 Å². The minimum atomic E-state index is -0.410. The summed E-state index contributed by atoms with van der Waals surface area (Å²) in [5.74, 6) is -0.410. The molecule has 1 aliphatic carbocycles. The SMILES string of the molecule is CCOC(=O)c1nn(CCO)c2c1CCc1[nH]ncc1-2.Cl. The highest BCUT2D eigenvalue weighted by atomic mass is 35.5. The second kappa shape index (κ2) is 6.28. The van der Waals surface area contributed by atoms with Crippen LogP contribution in [0.3, 0.4) is 0 Å².